The number of carbonyl (C=O) groups is 1. The second kappa shape index (κ2) is 9.68. The van der Waals surface area contributed by atoms with Crippen LogP contribution in [0.2, 0.25) is 0 Å². The Kier molecular flexibility index (Phi) is 7.58. The molecule has 1 aromatic heterocycles. The van der Waals surface area contributed by atoms with Crippen LogP contribution in [-0.2, 0) is 21.4 Å². The number of rotatable bonds is 10. The molecule has 0 saturated heterocycles. The van der Waals surface area contributed by atoms with Crippen molar-refractivity contribution in [1.29, 1.82) is 0 Å². The van der Waals surface area contributed by atoms with E-state index in [0.29, 0.717) is 18.8 Å². The number of hydrogen-bond donors (Lipinski definition) is 2. The zero-order valence-electron chi connectivity index (χ0n) is 16.1. The van der Waals surface area contributed by atoms with Crippen molar-refractivity contribution in [2.24, 2.45) is 0 Å². The van der Waals surface area contributed by atoms with Gasteiger partial charge in [-0.1, -0.05) is 13.3 Å². The molecule has 0 aliphatic carbocycles. The van der Waals surface area contributed by atoms with Gasteiger partial charge in [0.05, 0.1) is 18.2 Å². The number of furan rings is 1. The van der Waals surface area contributed by atoms with Crippen LogP contribution in [0.1, 0.15) is 25.5 Å². The Hall–Kier alpha value is -2.16. The number of carbonyl (C=O) groups excluding carboxylic acids is 1. The number of sulfonamides is 1. The van der Waals surface area contributed by atoms with E-state index in [4.69, 9.17) is 4.42 Å². The molecule has 2 aromatic rings. The number of nitrogens with one attached hydrogen (secondary N) is 2. The summed E-state index contributed by atoms with van der Waals surface area (Å²) < 4.78 is 31.6. The summed E-state index contributed by atoms with van der Waals surface area (Å²) >= 11 is 0. The first kappa shape index (κ1) is 21.1. The van der Waals surface area contributed by atoms with E-state index in [2.05, 4.69) is 5.32 Å². The molecule has 1 heterocycles. The highest BCUT2D eigenvalue weighted by atomic mass is 32.2. The molecular weight excluding hydrogens is 366 g/mol. The number of unbranched alkanes of at least 4 members (excludes halogenated alkanes) is 1. The van der Waals surface area contributed by atoms with Gasteiger partial charge >= 0.3 is 0 Å². The molecule has 27 heavy (non-hydrogen) atoms. The van der Waals surface area contributed by atoms with Gasteiger partial charge < -0.3 is 14.6 Å². The monoisotopic (exact) mass is 394 g/mol. The normalized spacial score (nSPS) is 12.9. The van der Waals surface area contributed by atoms with Gasteiger partial charge in [0, 0.05) is 19.3 Å². The first-order chi connectivity index (χ1) is 12.8. The van der Waals surface area contributed by atoms with Crippen LogP contribution in [0.25, 0.3) is 0 Å². The van der Waals surface area contributed by atoms with E-state index >= 15 is 0 Å². The number of amides is 1. The fourth-order valence-electron chi connectivity index (χ4n) is 2.64. The minimum atomic E-state index is -3.50. The maximum atomic E-state index is 12.5. The minimum absolute atomic E-state index is 0.144. The topological polar surface area (TPSA) is 84.1 Å². The molecule has 148 valence electrons. The highest BCUT2D eigenvalue weighted by Crippen LogP contribution is 2.17. The lowest BCUT2D eigenvalue weighted by molar-refractivity contribution is -0.886. The molecule has 0 bridgehead atoms. The molecule has 0 aliphatic heterocycles. The standard InChI is InChI=1S/C19H27N3O4S/c1-4-5-12-22(3)27(24,25)18-10-8-16(9-11-18)20-19(23)15-21(2)14-17-7-6-13-26-17/h6-11,13H,4-5,12,14-15H2,1-3H3,(H,20,23)/p+1. The van der Waals surface area contributed by atoms with Crippen molar-refractivity contribution in [1.82, 2.24) is 4.31 Å². The number of hydrogen-bond acceptors (Lipinski definition) is 4. The molecule has 2 N–H and O–H groups in total. The molecule has 0 fully saturated rings. The van der Waals surface area contributed by atoms with Crippen LogP contribution in [-0.4, -0.2) is 45.8 Å². The summed E-state index contributed by atoms with van der Waals surface area (Å²) in [6, 6.07) is 9.95. The van der Waals surface area contributed by atoms with Gasteiger partial charge in [-0.05, 0) is 42.8 Å². The van der Waals surface area contributed by atoms with Crippen molar-refractivity contribution in [3.63, 3.8) is 0 Å². The molecule has 0 saturated carbocycles. The van der Waals surface area contributed by atoms with Crippen LogP contribution >= 0.6 is 0 Å². The maximum absolute atomic E-state index is 12.5. The van der Waals surface area contributed by atoms with E-state index in [1.54, 1.807) is 25.4 Å². The number of nitrogens with zero attached hydrogens (tertiary/aromatic N) is 1. The van der Waals surface area contributed by atoms with E-state index in [0.717, 1.165) is 23.5 Å². The highest BCUT2D eigenvalue weighted by molar-refractivity contribution is 7.89. The Balaban J connectivity index is 1.91. The zero-order chi connectivity index (χ0) is 19.9. The molecule has 0 spiro atoms. The molecule has 8 heteroatoms. The number of likely N-dealkylation sites (N-methyl/N-ethyl adjacent to an activating group) is 1. The molecule has 1 unspecified atom stereocenters. The average Bonchev–Trinajstić information content (AvgIpc) is 3.12. The molecule has 1 amide bonds. The van der Waals surface area contributed by atoms with E-state index < -0.39 is 10.0 Å². The number of anilines is 1. The van der Waals surface area contributed by atoms with Crippen LogP contribution < -0.4 is 10.2 Å². The lowest BCUT2D eigenvalue weighted by Crippen LogP contribution is -3.08. The van der Waals surface area contributed by atoms with Crippen molar-refractivity contribution in [2.45, 2.75) is 31.2 Å². The Morgan fingerprint density at radius 2 is 1.93 bits per heavy atom. The predicted molar refractivity (Wildman–Crippen MR) is 104 cm³/mol. The largest absolute Gasteiger partial charge is 0.463 e. The summed E-state index contributed by atoms with van der Waals surface area (Å²) in [6.07, 6.45) is 3.36. The maximum Gasteiger partial charge on any atom is 0.279 e. The molecule has 1 atom stereocenters. The van der Waals surface area contributed by atoms with Crippen LogP contribution in [0.15, 0.2) is 52.0 Å². The zero-order valence-corrected chi connectivity index (χ0v) is 16.9. The molecule has 1 aromatic carbocycles. The lowest BCUT2D eigenvalue weighted by Gasteiger charge is -2.17. The second-order valence-electron chi connectivity index (χ2n) is 6.64. The van der Waals surface area contributed by atoms with Crippen LogP contribution in [0.4, 0.5) is 5.69 Å². The van der Waals surface area contributed by atoms with Crippen molar-refractivity contribution < 1.29 is 22.5 Å². The van der Waals surface area contributed by atoms with Crippen molar-refractivity contribution in [2.75, 3.05) is 32.5 Å². The Labute approximate surface area is 161 Å². The van der Waals surface area contributed by atoms with Crippen LogP contribution in [0.3, 0.4) is 0 Å². The fraction of sp³-hybridized carbons (Fsp3) is 0.421. The first-order valence-corrected chi connectivity index (χ1v) is 10.5. The van der Waals surface area contributed by atoms with E-state index in [9.17, 15) is 13.2 Å². The van der Waals surface area contributed by atoms with Gasteiger partial charge in [0.25, 0.3) is 5.91 Å². The second-order valence-corrected chi connectivity index (χ2v) is 8.69. The van der Waals surface area contributed by atoms with E-state index in [1.165, 1.54) is 16.4 Å². The summed E-state index contributed by atoms with van der Waals surface area (Å²) in [7, 11) is -0.0101. The average molecular weight is 395 g/mol. The SMILES string of the molecule is CCCCN(C)S(=O)(=O)c1ccc(NC(=O)C[NH+](C)Cc2ccco2)cc1. The molecule has 7 nitrogen and oxygen atoms in total. The van der Waals surface area contributed by atoms with Crippen molar-refractivity contribution in [3.05, 3.63) is 48.4 Å². The predicted octanol–water partition coefficient (Wildman–Crippen LogP) is 1.35. The summed E-state index contributed by atoms with van der Waals surface area (Å²) in [4.78, 5) is 13.4. The van der Waals surface area contributed by atoms with Crippen LogP contribution in [0.5, 0.6) is 0 Å². The van der Waals surface area contributed by atoms with Gasteiger partial charge in [0.2, 0.25) is 10.0 Å². The van der Waals surface area contributed by atoms with Gasteiger partial charge in [0.1, 0.15) is 6.54 Å². The van der Waals surface area contributed by atoms with Gasteiger partial charge in [0.15, 0.2) is 12.3 Å². The first-order valence-electron chi connectivity index (χ1n) is 9.03. The third-order valence-electron chi connectivity index (χ3n) is 4.19. The Morgan fingerprint density at radius 1 is 1.22 bits per heavy atom. The van der Waals surface area contributed by atoms with Gasteiger partial charge in [-0.3, -0.25) is 4.79 Å². The Morgan fingerprint density at radius 3 is 2.52 bits per heavy atom. The van der Waals surface area contributed by atoms with E-state index in [-0.39, 0.29) is 17.3 Å². The fourth-order valence-corrected chi connectivity index (χ4v) is 3.85. The summed E-state index contributed by atoms with van der Waals surface area (Å²) in [5.41, 5.74) is 0.570. The highest BCUT2D eigenvalue weighted by Gasteiger charge is 2.20. The Bertz CT molecular complexity index is 817. The molecule has 0 aliphatic rings. The quantitative estimate of drug-likeness (QED) is 0.637. The third-order valence-corrected chi connectivity index (χ3v) is 6.06. The smallest absolute Gasteiger partial charge is 0.279 e. The number of quaternary nitrogens is 1. The lowest BCUT2D eigenvalue weighted by atomic mass is 10.3. The molecular formula is C19H28N3O4S+. The summed E-state index contributed by atoms with van der Waals surface area (Å²) in [6.45, 7) is 3.40. The van der Waals surface area contributed by atoms with E-state index in [1.807, 2.05) is 26.1 Å². The van der Waals surface area contributed by atoms with Crippen molar-refractivity contribution in [3.8, 4) is 0 Å². The van der Waals surface area contributed by atoms with Gasteiger partial charge in [-0.15, -0.1) is 0 Å². The van der Waals surface area contributed by atoms with Crippen molar-refractivity contribution >= 4 is 21.6 Å². The van der Waals surface area contributed by atoms with Gasteiger partial charge in [-0.2, -0.15) is 0 Å². The molecule has 0 radical (unpaired) electrons. The van der Waals surface area contributed by atoms with Gasteiger partial charge in [-0.25, -0.2) is 12.7 Å². The summed E-state index contributed by atoms with van der Waals surface area (Å²) in [5, 5.41) is 2.80. The van der Waals surface area contributed by atoms with Crippen LogP contribution in [0, 0.1) is 0 Å². The number of benzene rings is 1. The minimum Gasteiger partial charge on any atom is -0.463 e. The third kappa shape index (κ3) is 6.20. The summed E-state index contributed by atoms with van der Waals surface area (Å²) in [5.74, 6) is 0.678. The molecule has 2 rings (SSSR count).